The fourth-order valence-electron chi connectivity index (χ4n) is 0.438. The van der Waals surface area contributed by atoms with Crippen LogP contribution in [0.15, 0.2) is 30.3 Å². The molecule has 33 valence electrons. The van der Waals surface area contributed by atoms with Crippen molar-refractivity contribution in [3.63, 3.8) is 0 Å². The zero-order chi connectivity index (χ0) is 5.11. The molecule has 1 rings (SSSR count). The molecule has 1 heteroatoms. The van der Waals surface area contributed by atoms with Gasteiger partial charge in [0, 0.05) is 0 Å². The summed E-state index contributed by atoms with van der Waals surface area (Å²) in [6.07, 6.45) is 0. The van der Waals surface area contributed by atoms with E-state index in [2.05, 4.69) is 32.6 Å². The Morgan fingerprint density at radius 1 is 1.00 bits per heavy atom. The van der Waals surface area contributed by atoms with Gasteiger partial charge in [0.2, 0.25) is 0 Å². The van der Waals surface area contributed by atoms with Gasteiger partial charge in [-0.1, -0.05) is 0 Å². The van der Waals surface area contributed by atoms with Crippen molar-refractivity contribution in [2.45, 2.75) is 0 Å². The Morgan fingerprint density at radius 2 is 1.57 bits per heavy atom. The minimum atomic E-state index is 1.32. The van der Waals surface area contributed by atoms with Crippen molar-refractivity contribution in [1.82, 2.24) is 0 Å². The van der Waals surface area contributed by atoms with Gasteiger partial charge in [0.05, 0.1) is 0 Å². The molecule has 0 aliphatic heterocycles. The Bertz CT molecular complexity index is 134. The molecule has 0 amide bonds. The van der Waals surface area contributed by atoms with Crippen molar-refractivity contribution in [2.24, 2.45) is 0 Å². The van der Waals surface area contributed by atoms with E-state index >= 15 is 0 Å². The van der Waals surface area contributed by atoms with Crippen LogP contribution in [0.1, 0.15) is 0 Å². The van der Waals surface area contributed by atoms with Crippen molar-refractivity contribution in [2.75, 3.05) is 0 Å². The Kier molecular flexibility index (Phi) is 1.67. The molecule has 0 bridgehead atoms. The monoisotopic (exact) mass is 125 g/mol. The maximum absolute atomic E-state index is 2.08. The molecule has 0 aliphatic rings. The summed E-state index contributed by atoms with van der Waals surface area (Å²) in [7, 11) is 0. The molecular weight excluding hydrogens is 120 g/mol. The zero-order valence-corrected chi connectivity index (χ0v) is 5.45. The van der Waals surface area contributed by atoms with Crippen LogP contribution in [-0.4, -0.2) is 0 Å². The zero-order valence-electron chi connectivity index (χ0n) is 3.89. The van der Waals surface area contributed by atoms with E-state index in [1.165, 1.54) is 3.87 Å². The van der Waals surface area contributed by atoms with Crippen LogP contribution in [0.4, 0.5) is 0 Å². The number of hydrogen-bond donors (Lipinski definition) is 0. The first-order valence-corrected chi connectivity index (χ1v) is 2.94. The van der Waals surface area contributed by atoms with Crippen molar-refractivity contribution in [3.05, 3.63) is 30.3 Å². The van der Waals surface area contributed by atoms with E-state index in [1.807, 2.05) is 18.2 Å². The SMILES string of the molecule is [Ti][c]1ccccc1. The summed E-state index contributed by atoms with van der Waals surface area (Å²) in [5.41, 5.74) is 0. The average Bonchev–Trinajstić information content (AvgIpc) is 1.69. The Morgan fingerprint density at radius 3 is 1.86 bits per heavy atom. The summed E-state index contributed by atoms with van der Waals surface area (Å²) >= 11 is 2.08. The van der Waals surface area contributed by atoms with Crippen molar-refractivity contribution < 1.29 is 20.4 Å². The molecule has 0 nitrogen and oxygen atoms in total. The molecule has 7 heavy (non-hydrogen) atoms. The van der Waals surface area contributed by atoms with Gasteiger partial charge in [0.25, 0.3) is 0 Å². The molecule has 0 saturated heterocycles. The van der Waals surface area contributed by atoms with E-state index in [9.17, 15) is 0 Å². The van der Waals surface area contributed by atoms with Gasteiger partial charge in [-0.25, -0.2) is 0 Å². The topological polar surface area (TPSA) is 0 Å². The number of hydrogen-bond acceptors (Lipinski definition) is 0. The van der Waals surface area contributed by atoms with Gasteiger partial charge in [0.1, 0.15) is 0 Å². The van der Waals surface area contributed by atoms with Crippen LogP contribution >= 0.6 is 0 Å². The van der Waals surface area contributed by atoms with Crippen LogP contribution in [0.5, 0.6) is 0 Å². The fourth-order valence-corrected chi connectivity index (χ4v) is 0.739. The first-order chi connectivity index (χ1) is 3.39. The summed E-state index contributed by atoms with van der Waals surface area (Å²) in [4.78, 5) is 0. The first kappa shape index (κ1) is 5.08. The van der Waals surface area contributed by atoms with Crippen molar-refractivity contribution in [3.8, 4) is 0 Å². The molecular formula is C6H5Ti. The molecule has 0 unspecified atom stereocenters. The summed E-state index contributed by atoms with van der Waals surface area (Å²) in [6, 6.07) is 10.3. The molecule has 0 aromatic heterocycles. The van der Waals surface area contributed by atoms with Gasteiger partial charge < -0.3 is 0 Å². The van der Waals surface area contributed by atoms with E-state index in [0.29, 0.717) is 0 Å². The molecule has 1 aromatic rings. The van der Waals surface area contributed by atoms with E-state index < -0.39 is 0 Å². The van der Waals surface area contributed by atoms with Gasteiger partial charge in [-0.05, 0) is 0 Å². The summed E-state index contributed by atoms with van der Waals surface area (Å²) < 4.78 is 1.32. The third-order valence-electron chi connectivity index (χ3n) is 0.774. The normalized spacial score (nSPS) is 8.43. The van der Waals surface area contributed by atoms with Crippen LogP contribution in [0.2, 0.25) is 0 Å². The van der Waals surface area contributed by atoms with E-state index in [-0.39, 0.29) is 0 Å². The molecule has 0 N–H and O–H groups in total. The summed E-state index contributed by atoms with van der Waals surface area (Å²) in [5.74, 6) is 0. The third kappa shape index (κ3) is 1.46. The molecule has 0 aliphatic carbocycles. The predicted molar refractivity (Wildman–Crippen MR) is 26.1 cm³/mol. The second-order valence-corrected chi connectivity index (χ2v) is 2.27. The predicted octanol–water partition coefficient (Wildman–Crippen LogP) is 0.859. The fraction of sp³-hybridized carbons (Fsp3) is 0. The van der Waals surface area contributed by atoms with Crippen LogP contribution < -0.4 is 3.87 Å². The van der Waals surface area contributed by atoms with Crippen molar-refractivity contribution in [1.29, 1.82) is 0 Å². The van der Waals surface area contributed by atoms with E-state index in [1.54, 1.807) is 0 Å². The van der Waals surface area contributed by atoms with E-state index in [4.69, 9.17) is 0 Å². The Hall–Kier alpha value is -0.0657. The number of rotatable bonds is 0. The van der Waals surface area contributed by atoms with Gasteiger partial charge in [0.15, 0.2) is 0 Å². The van der Waals surface area contributed by atoms with Gasteiger partial charge in [-0.15, -0.1) is 0 Å². The average molecular weight is 125 g/mol. The molecule has 0 saturated carbocycles. The molecule has 1 aromatic carbocycles. The third-order valence-corrected chi connectivity index (χ3v) is 1.29. The summed E-state index contributed by atoms with van der Waals surface area (Å²) in [5, 5.41) is 0. The van der Waals surface area contributed by atoms with Crippen LogP contribution in [0.3, 0.4) is 0 Å². The second kappa shape index (κ2) is 2.30. The van der Waals surface area contributed by atoms with Gasteiger partial charge in [-0.2, -0.15) is 0 Å². The van der Waals surface area contributed by atoms with E-state index in [0.717, 1.165) is 0 Å². The summed E-state index contributed by atoms with van der Waals surface area (Å²) in [6.45, 7) is 0. The Labute approximate surface area is 55.0 Å². The van der Waals surface area contributed by atoms with Crippen LogP contribution in [-0.2, 0) is 20.4 Å². The minimum absolute atomic E-state index is 1.32. The van der Waals surface area contributed by atoms with Crippen molar-refractivity contribution >= 4 is 3.87 Å². The van der Waals surface area contributed by atoms with Gasteiger partial charge >= 0.3 is 54.6 Å². The maximum atomic E-state index is 2.08. The van der Waals surface area contributed by atoms with Gasteiger partial charge in [-0.3, -0.25) is 0 Å². The van der Waals surface area contributed by atoms with Crippen LogP contribution in [0, 0.1) is 0 Å². The molecule has 0 atom stereocenters. The quantitative estimate of drug-likeness (QED) is 0.451. The standard InChI is InChI=1S/C6H5.Ti/c1-2-4-6-5-3-1;/h1-5H;. The first-order valence-electron chi connectivity index (χ1n) is 2.16. The Balaban J connectivity index is 3.02. The molecule has 0 spiro atoms. The molecule has 0 fully saturated rings. The van der Waals surface area contributed by atoms with Crippen LogP contribution in [0.25, 0.3) is 0 Å². The molecule has 0 heterocycles. The molecule has 0 radical (unpaired) electrons. The second-order valence-electron chi connectivity index (χ2n) is 1.37. The number of benzene rings is 1.